The van der Waals surface area contributed by atoms with Gasteiger partial charge in [-0.2, -0.15) is 0 Å². The number of ether oxygens (including phenoxy) is 1. The summed E-state index contributed by atoms with van der Waals surface area (Å²) in [7, 11) is 1.12. The number of carbonyl (C=O) groups excluding carboxylic acids is 2. The van der Waals surface area contributed by atoms with Crippen LogP contribution in [0.3, 0.4) is 0 Å². The number of rotatable bonds is 5. The van der Waals surface area contributed by atoms with Crippen LogP contribution in [0.15, 0.2) is 24.4 Å². The fourth-order valence-electron chi connectivity index (χ4n) is 2.15. The van der Waals surface area contributed by atoms with Gasteiger partial charge in [-0.1, -0.05) is 0 Å². The normalized spacial score (nSPS) is 15.5. The highest BCUT2D eigenvalue weighted by Crippen LogP contribution is 2.27. The molecule has 7 nitrogen and oxygen atoms in total. The second-order valence-corrected chi connectivity index (χ2v) is 5.01. The summed E-state index contributed by atoms with van der Waals surface area (Å²) in [6.45, 7) is 0.201. The number of benzene rings is 1. The third-order valence-electron chi connectivity index (χ3n) is 3.33. The second kappa shape index (κ2) is 7.73. The molecule has 0 saturated carbocycles. The Balaban J connectivity index is 2.15. The number of nitrogens with one attached hydrogen (secondary N) is 2. The Hall–Kier alpha value is -2.68. The first-order valence-corrected chi connectivity index (χ1v) is 7.14. The predicted octanol–water partition coefficient (Wildman–Crippen LogP) is 0.360. The summed E-state index contributed by atoms with van der Waals surface area (Å²) in [5, 5.41) is 14.6. The van der Waals surface area contributed by atoms with Gasteiger partial charge in [0.2, 0.25) is 5.91 Å². The smallest absolute Gasteiger partial charge is 0.336 e. The Morgan fingerprint density at radius 1 is 1.46 bits per heavy atom. The molecule has 0 bridgehead atoms. The van der Waals surface area contributed by atoms with Crippen molar-refractivity contribution >= 4 is 23.3 Å². The van der Waals surface area contributed by atoms with E-state index in [0.717, 1.165) is 19.2 Å². The molecular formula is C15H17F2N3O4. The van der Waals surface area contributed by atoms with Crippen LogP contribution in [0.1, 0.15) is 0 Å². The van der Waals surface area contributed by atoms with Gasteiger partial charge in [0.15, 0.2) is 17.7 Å². The summed E-state index contributed by atoms with van der Waals surface area (Å²) in [6.07, 6.45) is 1.04. The van der Waals surface area contributed by atoms with E-state index in [-0.39, 0.29) is 36.9 Å². The summed E-state index contributed by atoms with van der Waals surface area (Å²) in [6, 6.07) is 2.08. The molecule has 24 heavy (non-hydrogen) atoms. The lowest BCUT2D eigenvalue weighted by Crippen LogP contribution is -2.30. The third kappa shape index (κ3) is 4.19. The van der Waals surface area contributed by atoms with Gasteiger partial charge in [0.1, 0.15) is 5.69 Å². The first-order chi connectivity index (χ1) is 11.4. The number of nitrogens with zero attached hydrogens (tertiary/aromatic N) is 1. The maximum atomic E-state index is 14.3. The van der Waals surface area contributed by atoms with E-state index in [2.05, 4.69) is 15.4 Å². The standard InChI is InChI=1S/C15H17F2N3O4/c1-24-15(23)12(21)8-19-9-6-10(16)14(11(17)7-9)20-4-2-13(22)18-3-5-20/h2,4,6-7,12,19,21H,3,5,8H2,1H3,(H,18,22)/t12-/m1/s1. The lowest BCUT2D eigenvalue weighted by atomic mass is 10.2. The van der Waals surface area contributed by atoms with Gasteiger partial charge in [-0.05, 0) is 12.1 Å². The van der Waals surface area contributed by atoms with E-state index in [1.165, 1.54) is 17.2 Å². The zero-order valence-corrected chi connectivity index (χ0v) is 12.9. The first-order valence-electron chi connectivity index (χ1n) is 7.14. The molecule has 0 spiro atoms. The number of aliphatic hydroxyl groups is 1. The Morgan fingerprint density at radius 3 is 2.75 bits per heavy atom. The minimum Gasteiger partial charge on any atom is -0.467 e. The van der Waals surface area contributed by atoms with Crippen molar-refractivity contribution in [2.24, 2.45) is 0 Å². The number of hydrogen-bond donors (Lipinski definition) is 3. The largest absolute Gasteiger partial charge is 0.467 e. The molecule has 0 saturated heterocycles. The lowest BCUT2D eigenvalue weighted by Gasteiger charge is -2.21. The molecule has 9 heteroatoms. The van der Waals surface area contributed by atoms with E-state index in [0.29, 0.717) is 0 Å². The highest BCUT2D eigenvalue weighted by molar-refractivity contribution is 5.88. The molecule has 2 rings (SSSR count). The summed E-state index contributed by atoms with van der Waals surface area (Å²) in [5.74, 6) is -2.88. The van der Waals surface area contributed by atoms with Crippen LogP contribution in [0.4, 0.5) is 20.2 Å². The maximum absolute atomic E-state index is 14.3. The van der Waals surface area contributed by atoms with Crippen LogP contribution >= 0.6 is 0 Å². The molecule has 3 N–H and O–H groups in total. The van der Waals surface area contributed by atoms with Crippen LogP contribution < -0.4 is 15.5 Å². The van der Waals surface area contributed by atoms with Crippen molar-refractivity contribution < 1.29 is 28.2 Å². The highest BCUT2D eigenvalue weighted by Gasteiger charge is 2.20. The van der Waals surface area contributed by atoms with Crippen molar-refractivity contribution in [3.8, 4) is 0 Å². The van der Waals surface area contributed by atoms with E-state index in [1.54, 1.807) is 0 Å². The summed E-state index contributed by atoms with van der Waals surface area (Å²) in [4.78, 5) is 23.6. The average Bonchev–Trinajstić information content (AvgIpc) is 2.76. The second-order valence-electron chi connectivity index (χ2n) is 5.01. The molecule has 0 unspecified atom stereocenters. The van der Waals surface area contributed by atoms with Gasteiger partial charge < -0.3 is 25.4 Å². The molecule has 1 aliphatic heterocycles. The third-order valence-corrected chi connectivity index (χ3v) is 3.33. The van der Waals surface area contributed by atoms with Gasteiger partial charge in [-0.3, -0.25) is 4.79 Å². The van der Waals surface area contributed by atoms with E-state index >= 15 is 0 Å². The van der Waals surface area contributed by atoms with Crippen molar-refractivity contribution in [2.75, 3.05) is 37.0 Å². The van der Waals surface area contributed by atoms with Crippen LogP contribution in [0, 0.1) is 11.6 Å². The van der Waals surface area contributed by atoms with Crippen molar-refractivity contribution in [2.45, 2.75) is 6.10 Å². The topological polar surface area (TPSA) is 90.9 Å². The van der Waals surface area contributed by atoms with Gasteiger partial charge in [-0.15, -0.1) is 0 Å². The van der Waals surface area contributed by atoms with Crippen molar-refractivity contribution in [3.05, 3.63) is 36.0 Å². The molecule has 0 aliphatic carbocycles. The van der Waals surface area contributed by atoms with Crippen LogP contribution in [0.5, 0.6) is 0 Å². The summed E-state index contributed by atoms with van der Waals surface area (Å²) in [5.41, 5.74) is -0.230. The van der Waals surface area contributed by atoms with E-state index in [1.807, 2.05) is 0 Å². The van der Waals surface area contributed by atoms with Gasteiger partial charge in [0, 0.05) is 31.1 Å². The van der Waals surface area contributed by atoms with E-state index in [9.17, 15) is 23.5 Å². The van der Waals surface area contributed by atoms with Crippen LogP contribution in [0.2, 0.25) is 0 Å². The van der Waals surface area contributed by atoms with Gasteiger partial charge in [0.05, 0.1) is 13.7 Å². The quantitative estimate of drug-likeness (QED) is 0.670. The number of aliphatic hydroxyl groups excluding tert-OH is 1. The number of esters is 1. The molecular weight excluding hydrogens is 324 g/mol. The van der Waals surface area contributed by atoms with Crippen LogP contribution in [-0.2, 0) is 14.3 Å². The van der Waals surface area contributed by atoms with E-state index in [4.69, 9.17) is 0 Å². The summed E-state index contributed by atoms with van der Waals surface area (Å²) >= 11 is 0. The molecule has 0 fully saturated rings. The average molecular weight is 341 g/mol. The molecule has 0 radical (unpaired) electrons. The SMILES string of the molecule is COC(=O)[C@H](O)CNc1cc(F)c(N2C=CC(=O)NCC2)c(F)c1. The number of hydrogen-bond acceptors (Lipinski definition) is 6. The number of carbonyl (C=O) groups is 2. The highest BCUT2D eigenvalue weighted by atomic mass is 19.1. The number of anilines is 2. The minimum absolute atomic E-state index is 0.0599. The van der Waals surface area contributed by atoms with Gasteiger partial charge in [-0.25, -0.2) is 13.6 Å². The summed E-state index contributed by atoms with van der Waals surface area (Å²) < 4.78 is 32.9. The zero-order valence-electron chi connectivity index (χ0n) is 12.9. The molecule has 1 aromatic rings. The Labute approximate surface area is 136 Å². The molecule has 1 aromatic carbocycles. The van der Waals surface area contributed by atoms with E-state index < -0.39 is 23.7 Å². The number of amides is 1. The van der Waals surface area contributed by atoms with Gasteiger partial charge in [0.25, 0.3) is 0 Å². The predicted molar refractivity (Wildman–Crippen MR) is 82.4 cm³/mol. The van der Waals surface area contributed by atoms with Crippen molar-refractivity contribution in [1.29, 1.82) is 0 Å². The monoisotopic (exact) mass is 341 g/mol. The zero-order chi connectivity index (χ0) is 17.7. The fourth-order valence-corrected chi connectivity index (χ4v) is 2.15. The molecule has 1 aliphatic rings. The van der Waals surface area contributed by atoms with Gasteiger partial charge >= 0.3 is 5.97 Å². The molecule has 1 heterocycles. The van der Waals surface area contributed by atoms with Crippen LogP contribution in [0.25, 0.3) is 0 Å². The number of halogens is 2. The molecule has 130 valence electrons. The minimum atomic E-state index is -1.45. The Morgan fingerprint density at radius 2 is 2.12 bits per heavy atom. The maximum Gasteiger partial charge on any atom is 0.336 e. The first kappa shape index (κ1) is 17.7. The molecule has 0 aromatic heterocycles. The molecule has 1 atom stereocenters. The Bertz CT molecular complexity index is 643. The lowest BCUT2D eigenvalue weighted by molar-refractivity contribution is -0.149. The number of methoxy groups -OCH3 is 1. The molecule has 1 amide bonds. The fraction of sp³-hybridized carbons (Fsp3) is 0.333. The Kier molecular flexibility index (Phi) is 5.69. The van der Waals surface area contributed by atoms with Crippen molar-refractivity contribution in [1.82, 2.24) is 5.32 Å². The van der Waals surface area contributed by atoms with Crippen LogP contribution in [-0.4, -0.2) is 49.8 Å². The van der Waals surface area contributed by atoms with Crippen molar-refractivity contribution in [3.63, 3.8) is 0 Å².